The maximum absolute atomic E-state index is 11.9. The van der Waals surface area contributed by atoms with Crippen molar-refractivity contribution in [1.29, 1.82) is 0 Å². The smallest absolute Gasteiger partial charge is 0.244 e. The maximum atomic E-state index is 11.9. The summed E-state index contributed by atoms with van der Waals surface area (Å²) in [5.74, 6) is 1.22. The Morgan fingerprint density at radius 1 is 1.24 bits per heavy atom. The van der Waals surface area contributed by atoms with E-state index in [2.05, 4.69) is 20.5 Å². The molecule has 3 aromatic rings. The van der Waals surface area contributed by atoms with Gasteiger partial charge in [-0.2, -0.15) is 0 Å². The summed E-state index contributed by atoms with van der Waals surface area (Å²) in [6.45, 7) is 4.17. The molecule has 2 aromatic heterocycles. The minimum Gasteiger partial charge on any atom is -0.444 e. The van der Waals surface area contributed by atoms with Crippen LogP contribution in [0.2, 0.25) is 0 Å². The summed E-state index contributed by atoms with van der Waals surface area (Å²) in [6.07, 6.45) is 4.35. The quantitative estimate of drug-likeness (QED) is 0.694. The highest BCUT2D eigenvalue weighted by molar-refractivity contribution is 5.91. The van der Waals surface area contributed by atoms with Crippen LogP contribution in [0.1, 0.15) is 37.2 Å². The molecule has 0 saturated carbocycles. The molecule has 0 radical (unpaired) electrons. The van der Waals surface area contributed by atoms with Crippen molar-refractivity contribution in [2.45, 2.75) is 26.3 Å². The van der Waals surface area contributed by atoms with Crippen molar-refractivity contribution in [3.63, 3.8) is 0 Å². The molecule has 25 heavy (non-hydrogen) atoms. The van der Waals surface area contributed by atoms with Gasteiger partial charge in [0.1, 0.15) is 6.26 Å². The fraction of sp³-hybridized carbons (Fsp3) is 0.222. The van der Waals surface area contributed by atoms with E-state index in [4.69, 9.17) is 8.83 Å². The molecular formula is C18H18N4O3. The van der Waals surface area contributed by atoms with Gasteiger partial charge in [0.15, 0.2) is 0 Å². The van der Waals surface area contributed by atoms with Gasteiger partial charge in [0.25, 0.3) is 0 Å². The Morgan fingerprint density at radius 3 is 2.76 bits per heavy atom. The molecule has 128 valence electrons. The van der Waals surface area contributed by atoms with Crippen molar-refractivity contribution in [2.24, 2.45) is 0 Å². The summed E-state index contributed by atoms with van der Waals surface area (Å²) >= 11 is 0. The minimum absolute atomic E-state index is 0.148. The Morgan fingerprint density at radius 2 is 2.04 bits per heavy atom. The van der Waals surface area contributed by atoms with Crippen LogP contribution in [0.3, 0.4) is 0 Å². The standard InChI is InChI=1S/C18H18N4O3/c1-12(2)17-22-21-16(25-17)9-8-15(23)19-10-14-11-24-18(20-14)13-6-4-3-5-7-13/h3-9,11-12H,10H2,1-2H3,(H,19,23)/b9-8+. The number of nitrogens with one attached hydrogen (secondary N) is 1. The number of carbonyl (C=O) groups excluding carboxylic acids is 1. The lowest BCUT2D eigenvalue weighted by Crippen LogP contribution is -2.20. The van der Waals surface area contributed by atoms with Gasteiger partial charge in [0.05, 0.1) is 12.2 Å². The zero-order chi connectivity index (χ0) is 17.6. The van der Waals surface area contributed by atoms with Gasteiger partial charge < -0.3 is 14.2 Å². The van der Waals surface area contributed by atoms with Crippen LogP contribution in [0.15, 0.2) is 51.5 Å². The highest BCUT2D eigenvalue weighted by atomic mass is 16.4. The number of carbonyl (C=O) groups is 1. The van der Waals surface area contributed by atoms with Crippen molar-refractivity contribution >= 4 is 12.0 Å². The lowest BCUT2D eigenvalue weighted by atomic mass is 10.2. The van der Waals surface area contributed by atoms with Crippen LogP contribution in [-0.4, -0.2) is 21.1 Å². The Labute approximate surface area is 144 Å². The SMILES string of the molecule is CC(C)c1nnc(/C=C/C(=O)NCc2coc(-c3ccccc3)n2)o1. The van der Waals surface area contributed by atoms with Gasteiger partial charge in [0, 0.05) is 23.6 Å². The predicted molar refractivity (Wildman–Crippen MR) is 91.2 cm³/mol. The number of hydrogen-bond acceptors (Lipinski definition) is 6. The Bertz CT molecular complexity index is 865. The van der Waals surface area contributed by atoms with Crippen LogP contribution in [0.4, 0.5) is 0 Å². The topological polar surface area (TPSA) is 94.1 Å². The molecule has 0 fully saturated rings. The number of rotatable bonds is 6. The van der Waals surface area contributed by atoms with E-state index < -0.39 is 0 Å². The van der Waals surface area contributed by atoms with Gasteiger partial charge in [-0.15, -0.1) is 10.2 Å². The molecule has 2 heterocycles. The van der Waals surface area contributed by atoms with Crippen molar-refractivity contribution in [1.82, 2.24) is 20.5 Å². The third-order valence-electron chi connectivity index (χ3n) is 3.34. The van der Waals surface area contributed by atoms with Crippen LogP contribution in [0.5, 0.6) is 0 Å². The number of benzene rings is 1. The van der Waals surface area contributed by atoms with Gasteiger partial charge >= 0.3 is 0 Å². The molecule has 0 saturated heterocycles. The second-order valence-corrected chi connectivity index (χ2v) is 5.69. The first kappa shape index (κ1) is 16.6. The first-order valence-corrected chi connectivity index (χ1v) is 7.91. The Kier molecular flexibility index (Phi) is 5.03. The number of nitrogens with zero attached hydrogens (tertiary/aromatic N) is 3. The Balaban J connectivity index is 1.54. The summed E-state index contributed by atoms with van der Waals surface area (Å²) in [6, 6.07) is 9.56. The maximum Gasteiger partial charge on any atom is 0.244 e. The fourth-order valence-corrected chi connectivity index (χ4v) is 2.03. The third-order valence-corrected chi connectivity index (χ3v) is 3.34. The molecule has 0 aliphatic carbocycles. The second-order valence-electron chi connectivity index (χ2n) is 5.69. The summed E-state index contributed by atoms with van der Waals surface area (Å²) in [5.41, 5.74) is 1.53. The van der Waals surface area contributed by atoms with Crippen molar-refractivity contribution < 1.29 is 13.6 Å². The van der Waals surface area contributed by atoms with Crippen molar-refractivity contribution in [2.75, 3.05) is 0 Å². The number of oxazole rings is 1. The first-order chi connectivity index (χ1) is 12.1. The van der Waals surface area contributed by atoms with Crippen molar-refractivity contribution in [3.8, 4) is 11.5 Å². The molecule has 1 aromatic carbocycles. The fourth-order valence-electron chi connectivity index (χ4n) is 2.03. The number of aromatic nitrogens is 3. The minimum atomic E-state index is -0.284. The molecule has 7 nitrogen and oxygen atoms in total. The second kappa shape index (κ2) is 7.57. The number of amides is 1. The molecule has 0 bridgehead atoms. The normalized spacial score (nSPS) is 11.3. The average Bonchev–Trinajstić information content (AvgIpc) is 3.28. The molecule has 0 unspecified atom stereocenters. The predicted octanol–water partition coefficient (Wildman–Crippen LogP) is 3.18. The molecule has 1 amide bonds. The van der Waals surface area contributed by atoms with E-state index in [1.54, 1.807) is 0 Å². The summed E-state index contributed by atoms with van der Waals surface area (Å²) in [5, 5.41) is 10.5. The van der Waals surface area contributed by atoms with Crippen LogP contribution in [0, 0.1) is 0 Å². The summed E-state index contributed by atoms with van der Waals surface area (Å²) < 4.78 is 10.8. The molecular weight excluding hydrogens is 320 g/mol. The molecule has 0 atom stereocenters. The summed E-state index contributed by atoms with van der Waals surface area (Å²) in [7, 11) is 0. The molecule has 3 rings (SSSR count). The van der Waals surface area contributed by atoms with Crippen LogP contribution >= 0.6 is 0 Å². The highest BCUT2D eigenvalue weighted by Crippen LogP contribution is 2.17. The van der Waals surface area contributed by atoms with E-state index in [1.807, 2.05) is 44.2 Å². The highest BCUT2D eigenvalue weighted by Gasteiger charge is 2.09. The molecule has 0 spiro atoms. The Hall–Kier alpha value is -3.22. The van der Waals surface area contributed by atoms with E-state index in [1.165, 1.54) is 18.4 Å². The van der Waals surface area contributed by atoms with E-state index >= 15 is 0 Å². The largest absolute Gasteiger partial charge is 0.444 e. The van der Waals surface area contributed by atoms with Crippen molar-refractivity contribution in [3.05, 3.63) is 60.1 Å². The number of hydrogen-bond donors (Lipinski definition) is 1. The van der Waals surface area contributed by atoms with E-state index in [-0.39, 0.29) is 18.4 Å². The van der Waals surface area contributed by atoms with Crippen LogP contribution in [0.25, 0.3) is 17.5 Å². The van der Waals surface area contributed by atoms with E-state index in [9.17, 15) is 4.79 Å². The van der Waals surface area contributed by atoms with Gasteiger partial charge in [-0.3, -0.25) is 4.79 Å². The third kappa shape index (κ3) is 4.41. The lowest BCUT2D eigenvalue weighted by molar-refractivity contribution is -0.116. The van der Waals surface area contributed by atoms with Crippen LogP contribution < -0.4 is 5.32 Å². The van der Waals surface area contributed by atoms with Crippen LogP contribution in [-0.2, 0) is 11.3 Å². The molecule has 0 aliphatic heterocycles. The lowest BCUT2D eigenvalue weighted by Gasteiger charge is -1.97. The first-order valence-electron chi connectivity index (χ1n) is 7.91. The zero-order valence-electron chi connectivity index (χ0n) is 14.0. The van der Waals surface area contributed by atoms with Gasteiger partial charge in [0.2, 0.25) is 23.6 Å². The molecule has 0 aliphatic rings. The summed E-state index contributed by atoms with van der Waals surface area (Å²) in [4.78, 5) is 16.2. The van der Waals surface area contributed by atoms with Gasteiger partial charge in [-0.25, -0.2) is 4.98 Å². The van der Waals surface area contributed by atoms with E-state index in [0.717, 1.165) is 5.56 Å². The van der Waals surface area contributed by atoms with E-state index in [0.29, 0.717) is 23.4 Å². The average molecular weight is 338 g/mol. The van der Waals surface area contributed by atoms with Gasteiger partial charge in [-0.05, 0) is 12.1 Å². The molecule has 7 heteroatoms. The zero-order valence-corrected chi connectivity index (χ0v) is 14.0. The van der Waals surface area contributed by atoms with Gasteiger partial charge in [-0.1, -0.05) is 32.0 Å². The molecule has 1 N–H and O–H groups in total. The monoisotopic (exact) mass is 338 g/mol.